The molecule has 3 rings (SSSR count). The number of nitro benzene ring substituents is 3. The lowest BCUT2D eigenvalue weighted by atomic mass is 10.0. The Kier molecular flexibility index (Phi) is 10.4. The first kappa shape index (κ1) is 29.0. The van der Waals surface area contributed by atoms with Gasteiger partial charge in [0.2, 0.25) is 0 Å². The van der Waals surface area contributed by atoms with E-state index in [1.165, 1.54) is 4.90 Å². The number of hydrogen-bond donors (Lipinski definition) is 1. The standard InChI is InChI=1S/C16H19NO2S2.C6H3N3O7/c1-4-19-16(18)12(11-17(2)3)15(13-7-5-9-20-13)14-8-6-10-21-14;10-6-4(8(13)14)1-3(7(11)12)2-5(6)9(15)16/h5-10H,4,11H2,1-3H3;1-2,10H. The van der Waals surface area contributed by atoms with Crippen LogP contribution in [0.4, 0.5) is 17.1 Å². The highest BCUT2D eigenvalue weighted by Gasteiger charge is 2.25. The topological polar surface area (TPSA) is 183 Å². The average molecular weight is 551 g/mol. The number of carbonyl (C=O) groups is 1. The molecule has 0 unspecified atom stereocenters. The van der Waals surface area contributed by atoms with Crippen LogP contribution >= 0.6 is 22.7 Å². The number of non-ortho nitro benzene ring substituents is 1. The third-order valence-electron chi connectivity index (χ3n) is 4.53. The van der Waals surface area contributed by atoms with E-state index in [2.05, 4.69) is 12.1 Å². The van der Waals surface area contributed by atoms with Crippen LogP contribution in [0, 0.1) is 30.3 Å². The van der Waals surface area contributed by atoms with Gasteiger partial charge in [0.25, 0.3) is 17.1 Å². The van der Waals surface area contributed by atoms with Crippen molar-refractivity contribution in [1.29, 1.82) is 0 Å². The summed E-state index contributed by atoms with van der Waals surface area (Å²) in [6.45, 7) is 2.88. The van der Waals surface area contributed by atoms with Gasteiger partial charge in [0.15, 0.2) is 0 Å². The van der Waals surface area contributed by atoms with Gasteiger partial charge in [-0.15, -0.1) is 22.7 Å². The van der Waals surface area contributed by atoms with E-state index in [0.717, 1.165) is 20.9 Å². The summed E-state index contributed by atoms with van der Waals surface area (Å²) in [4.78, 5) is 43.4. The van der Waals surface area contributed by atoms with Crippen molar-refractivity contribution < 1.29 is 34.3 Å². The largest absolute Gasteiger partial charge is 0.863 e. The van der Waals surface area contributed by atoms with Gasteiger partial charge in [-0.3, -0.25) is 30.3 Å². The predicted molar refractivity (Wildman–Crippen MR) is 135 cm³/mol. The second kappa shape index (κ2) is 13.2. The first-order valence-electron chi connectivity index (χ1n) is 10.5. The van der Waals surface area contributed by atoms with Crippen molar-refractivity contribution in [3.8, 4) is 5.75 Å². The zero-order valence-corrected chi connectivity index (χ0v) is 21.5. The van der Waals surface area contributed by atoms with Crippen LogP contribution in [-0.4, -0.2) is 48.0 Å². The fraction of sp³-hybridized carbons (Fsp3) is 0.227. The van der Waals surface area contributed by atoms with Crippen molar-refractivity contribution in [2.45, 2.75) is 6.92 Å². The number of likely N-dealkylation sites (N-methyl/N-ethyl adjacent to an activating group) is 1. The number of hydrogen-bond acceptors (Lipinski definition) is 11. The van der Waals surface area contributed by atoms with E-state index in [1.54, 1.807) is 22.7 Å². The van der Waals surface area contributed by atoms with E-state index in [-0.39, 0.29) is 5.97 Å². The molecule has 0 saturated carbocycles. The quantitative estimate of drug-likeness (QED) is 0.181. The Morgan fingerprint density at radius 3 is 1.73 bits per heavy atom. The Balaban J connectivity index is 0.000000271. The second-order valence-electron chi connectivity index (χ2n) is 7.50. The molecule has 0 atom stereocenters. The fourth-order valence-electron chi connectivity index (χ4n) is 3.06. The molecule has 37 heavy (non-hydrogen) atoms. The molecule has 3 aromatic rings. The maximum absolute atomic E-state index is 12.4. The molecule has 13 nitrogen and oxygen atoms in total. The number of nitrogens with one attached hydrogen (secondary N) is 1. The monoisotopic (exact) mass is 550 g/mol. The number of quaternary nitrogens is 1. The van der Waals surface area contributed by atoms with Gasteiger partial charge in [0, 0.05) is 15.3 Å². The second-order valence-corrected chi connectivity index (χ2v) is 9.39. The lowest BCUT2D eigenvalue weighted by Crippen LogP contribution is -3.06. The van der Waals surface area contributed by atoms with E-state index < -0.39 is 37.6 Å². The molecule has 0 radical (unpaired) electrons. The number of rotatable bonds is 9. The Bertz CT molecular complexity index is 1230. The van der Waals surface area contributed by atoms with Crippen LogP contribution in [0.1, 0.15) is 16.7 Å². The molecule has 15 heteroatoms. The smallest absolute Gasteiger partial charge is 0.340 e. The summed E-state index contributed by atoms with van der Waals surface area (Å²) in [5.74, 6) is -1.67. The molecule has 0 saturated heterocycles. The highest BCUT2D eigenvalue weighted by Crippen LogP contribution is 2.37. The zero-order valence-electron chi connectivity index (χ0n) is 19.9. The molecule has 0 fully saturated rings. The van der Waals surface area contributed by atoms with Gasteiger partial charge < -0.3 is 14.7 Å². The summed E-state index contributed by atoms with van der Waals surface area (Å²) in [6.07, 6.45) is 0. The number of carbonyl (C=O) groups excluding carboxylic acids is 1. The number of nitrogens with zero attached hydrogens (tertiary/aromatic N) is 3. The number of nitro groups is 3. The molecular formula is C22H22N4O9S2. The summed E-state index contributed by atoms with van der Waals surface area (Å²) in [7, 11) is 4.08. The minimum Gasteiger partial charge on any atom is -0.863 e. The minimum absolute atomic E-state index is 0.213. The van der Waals surface area contributed by atoms with Gasteiger partial charge in [0.1, 0.15) is 12.1 Å². The summed E-state index contributed by atoms with van der Waals surface area (Å²) in [5, 5.41) is 46.2. The van der Waals surface area contributed by atoms with Gasteiger partial charge in [-0.25, -0.2) is 4.79 Å². The van der Waals surface area contributed by atoms with Crippen molar-refractivity contribution in [3.63, 3.8) is 0 Å². The Hall–Kier alpha value is -4.21. The zero-order chi connectivity index (χ0) is 27.7. The van der Waals surface area contributed by atoms with Crippen LogP contribution < -0.4 is 10.0 Å². The van der Waals surface area contributed by atoms with E-state index in [4.69, 9.17) is 4.74 Å². The van der Waals surface area contributed by atoms with E-state index in [0.29, 0.717) is 25.3 Å². The Labute approximate surface area is 218 Å². The molecule has 1 aromatic carbocycles. The van der Waals surface area contributed by atoms with Crippen LogP contribution in [0.3, 0.4) is 0 Å². The van der Waals surface area contributed by atoms with E-state index in [1.807, 2.05) is 43.9 Å². The van der Waals surface area contributed by atoms with Crippen LogP contribution in [0.5, 0.6) is 5.75 Å². The van der Waals surface area contributed by atoms with Gasteiger partial charge in [0.05, 0.1) is 53.4 Å². The minimum atomic E-state index is -1.46. The Morgan fingerprint density at radius 2 is 1.41 bits per heavy atom. The van der Waals surface area contributed by atoms with Crippen LogP contribution in [0.15, 0.2) is 52.7 Å². The van der Waals surface area contributed by atoms with Crippen molar-refractivity contribution in [1.82, 2.24) is 0 Å². The maximum Gasteiger partial charge on any atom is 0.340 e. The van der Waals surface area contributed by atoms with Crippen molar-refractivity contribution in [3.05, 3.63) is 92.8 Å². The third kappa shape index (κ3) is 7.63. The van der Waals surface area contributed by atoms with Gasteiger partial charge >= 0.3 is 5.97 Å². The van der Waals surface area contributed by atoms with E-state index >= 15 is 0 Å². The van der Waals surface area contributed by atoms with Crippen molar-refractivity contribution in [2.75, 3.05) is 27.2 Å². The van der Waals surface area contributed by atoms with Crippen molar-refractivity contribution in [2.24, 2.45) is 0 Å². The molecular weight excluding hydrogens is 528 g/mol. The molecule has 196 valence electrons. The predicted octanol–water partition coefficient (Wildman–Crippen LogP) is 2.80. The van der Waals surface area contributed by atoms with Crippen LogP contribution in [0.2, 0.25) is 0 Å². The fourth-order valence-corrected chi connectivity index (χ4v) is 4.74. The number of ether oxygens (including phenoxy) is 1. The number of thiophene rings is 2. The van der Waals surface area contributed by atoms with Gasteiger partial charge in [-0.1, -0.05) is 12.1 Å². The molecule has 0 aliphatic heterocycles. The number of benzene rings is 1. The highest BCUT2D eigenvalue weighted by molar-refractivity contribution is 7.13. The summed E-state index contributed by atoms with van der Waals surface area (Å²) < 4.78 is 5.28. The molecule has 0 amide bonds. The normalized spacial score (nSPS) is 10.3. The molecule has 2 aromatic heterocycles. The van der Waals surface area contributed by atoms with Gasteiger partial charge in [-0.05, 0) is 29.8 Å². The van der Waals surface area contributed by atoms with Crippen LogP contribution in [0.25, 0.3) is 5.57 Å². The summed E-state index contributed by atoms with van der Waals surface area (Å²) in [6, 6.07) is 8.91. The van der Waals surface area contributed by atoms with Crippen molar-refractivity contribution >= 4 is 51.3 Å². The lowest BCUT2D eigenvalue weighted by molar-refractivity contribution is -0.852. The lowest BCUT2D eigenvalue weighted by Gasteiger charge is -2.15. The molecule has 0 bridgehead atoms. The SMILES string of the molecule is CCOC(=O)C(C[NH+](C)C)=C(c1cccs1)c1cccs1.O=[N+]([O-])c1cc([N+](=O)[O-])c([O-])c([N+](=O)[O-])c1. The third-order valence-corrected chi connectivity index (χ3v) is 6.30. The maximum atomic E-state index is 12.4. The average Bonchev–Trinajstić information content (AvgIpc) is 3.54. The highest BCUT2D eigenvalue weighted by atomic mass is 32.1. The molecule has 0 spiro atoms. The summed E-state index contributed by atoms with van der Waals surface area (Å²) in [5.41, 5.74) is -1.50. The molecule has 2 heterocycles. The van der Waals surface area contributed by atoms with Crippen LogP contribution in [-0.2, 0) is 9.53 Å². The Morgan fingerprint density at radius 1 is 0.919 bits per heavy atom. The number of esters is 1. The molecule has 0 aliphatic carbocycles. The van der Waals surface area contributed by atoms with E-state index in [9.17, 15) is 40.2 Å². The summed E-state index contributed by atoms with van der Waals surface area (Å²) >= 11 is 3.30. The first-order valence-corrected chi connectivity index (χ1v) is 12.3. The first-order chi connectivity index (χ1) is 17.5. The van der Waals surface area contributed by atoms with Gasteiger partial charge in [-0.2, -0.15) is 0 Å². The molecule has 1 N–H and O–H groups in total. The molecule has 0 aliphatic rings.